The third kappa shape index (κ3) is 3.85. The Labute approximate surface area is 93.7 Å². The van der Waals surface area contributed by atoms with Crippen molar-refractivity contribution in [3.05, 3.63) is 34.9 Å². The SMILES string of the molecule is CNC(CC(F)(F)F)c1cc(C)cc(C)c1. The topological polar surface area (TPSA) is 12.0 Å². The fraction of sp³-hybridized carbons (Fsp3) is 0.500. The Morgan fingerprint density at radius 1 is 1.12 bits per heavy atom. The van der Waals surface area contributed by atoms with Gasteiger partial charge in [0.25, 0.3) is 0 Å². The zero-order chi connectivity index (χ0) is 12.3. The smallest absolute Gasteiger partial charge is 0.313 e. The largest absolute Gasteiger partial charge is 0.390 e. The van der Waals surface area contributed by atoms with E-state index in [1.165, 1.54) is 0 Å². The molecule has 0 saturated carbocycles. The Balaban J connectivity index is 2.95. The van der Waals surface area contributed by atoms with Crippen LogP contribution in [-0.2, 0) is 0 Å². The van der Waals surface area contributed by atoms with Gasteiger partial charge in [0.15, 0.2) is 0 Å². The van der Waals surface area contributed by atoms with Gasteiger partial charge in [-0.15, -0.1) is 0 Å². The second-order valence-corrected chi connectivity index (χ2v) is 4.08. The minimum absolute atomic E-state index is 0.668. The predicted molar refractivity (Wildman–Crippen MR) is 58.4 cm³/mol. The number of alkyl halides is 3. The number of benzene rings is 1. The molecule has 0 radical (unpaired) electrons. The molecule has 1 rings (SSSR count). The predicted octanol–water partition coefficient (Wildman–Crippen LogP) is 3.52. The molecule has 16 heavy (non-hydrogen) atoms. The summed E-state index contributed by atoms with van der Waals surface area (Å²) < 4.78 is 37.0. The molecule has 0 aliphatic rings. The van der Waals surface area contributed by atoms with Gasteiger partial charge in [-0.1, -0.05) is 29.3 Å². The molecular formula is C12H16F3N. The van der Waals surface area contributed by atoms with Gasteiger partial charge in [0.05, 0.1) is 6.42 Å². The molecule has 1 unspecified atom stereocenters. The van der Waals surface area contributed by atoms with Gasteiger partial charge in [-0.05, 0) is 26.5 Å². The normalized spacial score (nSPS) is 13.9. The molecule has 0 amide bonds. The Morgan fingerprint density at radius 3 is 2.00 bits per heavy atom. The molecule has 0 bridgehead atoms. The van der Waals surface area contributed by atoms with E-state index in [1.807, 2.05) is 19.9 Å². The van der Waals surface area contributed by atoms with Gasteiger partial charge in [-0.3, -0.25) is 0 Å². The lowest BCUT2D eigenvalue weighted by molar-refractivity contribution is -0.140. The molecule has 0 aliphatic heterocycles. The summed E-state index contributed by atoms with van der Waals surface area (Å²) in [5.41, 5.74) is 2.66. The number of aryl methyl sites for hydroxylation is 2. The van der Waals surface area contributed by atoms with Crippen LogP contribution in [0.4, 0.5) is 13.2 Å². The van der Waals surface area contributed by atoms with E-state index in [0.717, 1.165) is 11.1 Å². The van der Waals surface area contributed by atoms with Crippen molar-refractivity contribution in [2.45, 2.75) is 32.5 Å². The van der Waals surface area contributed by atoms with Crippen molar-refractivity contribution in [2.24, 2.45) is 0 Å². The second-order valence-electron chi connectivity index (χ2n) is 4.08. The highest BCUT2D eigenvalue weighted by molar-refractivity contribution is 5.30. The number of nitrogens with one attached hydrogen (secondary N) is 1. The molecular weight excluding hydrogens is 215 g/mol. The first kappa shape index (κ1) is 13.0. The lowest BCUT2D eigenvalue weighted by atomic mass is 9.99. The molecule has 0 heterocycles. The van der Waals surface area contributed by atoms with Gasteiger partial charge >= 0.3 is 6.18 Å². The molecule has 1 aromatic carbocycles. The van der Waals surface area contributed by atoms with Crippen LogP contribution >= 0.6 is 0 Å². The van der Waals surface area contributed by atoms with Gasteiger partial charge in [-0.25, -0.2) is 0 Å². The highest BCUT2D eigenvalue weighted by atomic mass is 19.4. The van der Waals surface area contributed by atoms with E-state index in [-0.39, 0.29) is 0 Å². The molecule has 0 aliphatic carbocycles. The van der Waals surface area contributed by atoms with E-state index in [9.17, 15) is 13.2 Å². The Morgan fingerprint density at radius 2 is 1.62 bits per heavy atom. The number of halogens is 3. The third-order valence-electron chi connectivity index (χ3n) is 2.43. The molecule has 0 saturated heterocycles. The first-order chi connectivity index (χ1) is 7.31. The molecule has 1 N–H and O–H groups in total. The van der Waals surface area contributed by atoms with E-state index >= 15 is 0 Å². The van der Waals surface area contributed by atoms with Crippen LogP contribution < -0.4 is 5.32 Å². The number of hydrogen-bond acceptors (Lipinski definition) is 1. The molecule has 0 spiro atoms. The molecule has 90 valence electrons. The lowest BCUT2D eigenvalue weighted by Crippen LogP contribution is -2.23. The Kier molecular flexibility index (Phi) is 3.97. The molecule has 4 heteroatoms. The molecule has 1 atom stereocenters. The summed E-state index contributed by atoms with van der Waals surface area (Å²) in [5, 5.41) is 2.71. The summed E-state index contributed by atoms with van der Waals surface area (Å²) in [6.45, 7) is 3.77. The average Bonchev–Trinajstić information content (AvgIpc) is 2.11. The van der Waals surface area contributed by atoms with Crippen molar-refractivity contribution in [1.82, 2.24) is 5.32 Å². The molecule has 0 fully saturated rings. The van der Waals surface area contributed by atoms with Crippen molar-refractivity contribution < 1.29 is 13.2 Å². The highest BCUT2D eigenvalue weighted by Gasteiger charge is 2.31. The summed E-state index contributed by atoms with van der Waals surface area (Å²) in [6, 6.07) is 4.86. The highest BCUT2D eigenvalue weighted by Crippen LogP contribution is 2.29. The maximum atomic E-state index is 12.3. The molecule has 1 aromatic rings. The summed E-state index contributed by atoms with van der Waals surface area (Å²) in [5.74, 6) is 0. The summed E-state index contributed by atoms with van der Waals surface area (Å²) in [4.78, 5) is 0. The zero-order valence-corrected chi connectivity index (χ0v) is 9.65. The van der Waals surface area contributed by atoms with E-state index in [1.54, 1.807) is 19.2 Å². The van der Waals surface area contributed by atoms with Crippen LogP contribution in [0.2, 0.25) is 0 Å². The van der Waals surface area contributed by atoms with E-state index < -0.39 is 18.6 Å². The maximum absolute atomic E-state index is 12.3. The number of rotatable bonds is 3. The van der Waals surface area contributed by atoms with Crippen LogP contribution in [-0.4, -0.2) is 13.2 Å². The van der Waals surface area contributed by atoms with E-state index in [2.05, 4.69) is 5.32 Å². The quantitative estimate of drug-likeness (QED) is 0.839. The van der Waals surface area contributed by atoms with Crippen LogP contribution in [0.25, 0.3) is 0 Å². The Hall–Kier alpha value is -1.03. The minimum Gasteiger partial charge on any atom is -0.313 e. The van der Waals surface area contributed by atoms with Crippen molar-refractivity contribution in [3.8, 4) is 0 Å². The Bertz CT molecular complexity index is 338. The van der Waals surface area contributed by atoms with Crippen LogP contribution in [0, 0.1) is 13.8 Å². The fourth-order valence-corrected chi connectivity index (χ4v) is 1.83. The monoisotopic (exact) mass is 231 g/mol. The van der Waals surface area contributed by atoms with Gasteiger partial charge in [0, 0.05) is 6.04 Å². The first-order valence-electron chi connectivity index (χ1n) is 5.14. The van der Waals surface area contributed by atoms with E-state index in [0.29, 0.717) is 5.56 Å². The average molecular weight is 231 g/mol. The van der Waals surface area contributed by atoms with Crippen molar-refractivity contribution in [2.75, 3.05) is 7.05 Å². The van der Waals surface area contributed by atoms with Gasteiger partial charge in [0.1, 0.15) is 0 Å². The van der Waals surface area contributed by atoms with Crippen molar-refractivity contribution in [1.29, 1.82) is 0 Å². The van der Waals surface area contributed by atoms with Gasteiger partial charge in [0.2, 0.25) is 0 Å². The molecule has 0 aromatic heterocycles. The lowest BCUT2D eigenvalue weighted by Gasteiger charge is -2.19. The third-order valence-corrected chi connectivity index (χ3v) is 2.43. The maximum Gasteiger partial charge on any atom is 0.390 e. The number of hydrogen-bond donors (Lipinski definition) is 1. The fourth-order valence-electron chi connectivity index (χ4n) is 1.83. The minimum atomic E-state index is -4.15. The summed E-state index contributed by atoms with van der Waals surface area (Å²) in [7, 11) is 1.55. The van der Waals surface area contributed by atoms with Crippen LogP contribution in [0.3, 0.4) is 0 Å². The van der Waals surface area contributed by atoms with Crippen LogP contribution in [0.1, 0.15) is 29.2 Å². The van der Waals surface area contributed by atoms with Gasteiger partial charge < -0.3 is 5.32 Å². The van der Waals surface area contributed by atoms with Crippen LogP contribution in [0.5, 0.6) is 0 Å². The molecule has 1 nitrogen and oxygen atoms in total. The summed E-state index contributed by atoms with van der Waals surface area (Å²) >= 11 is 0. The standard InChI is InChI=1S/C12H16F3N/c1-8-4-9(2)6-10(5-8)11(16-3)7-12(13,14)15/h4-6,11,16H,7H2,1-3H3. The van der Waals surface area contributed by atoms with Crippen molar-refractivity contribution >= 4 is 0 Å². The first-order valence-corrected chi connectivity index (χ1v) is 5.14. The van der Waals surface area contributed by atoms with Crippen molar-refractivity contribution in [3.63, 3.8) is 0 Å². The zero-order valence-electron chi connectivity index (χ0n) is 9.65. The van der Waals surface area contributed by atoms with Crippen LogP contribution in [0.15, 0.2) is 18.2 Å². The summed E-state index contributed by atoms with van der Waals surface area (Å²) in [6.07, 6.45) is -4.99. The van der Waals surface area contributed by atoms with E-state index in [4.69, 9.17) is 0 Å². The second kappa shape index (κ2) is 4.87. The van der Waals surface area contributed by atoms with Gasteiger partial charge in [-0.2, -0.15) is 13.2 Å².